The van der Waals surface area contributed by atoms with E-state index in [2.05, 4.69) is 15.5 Å². The number of pyridine rings is 1. The number of nitro groups is 2. The third kappa shape index (κ3) is 4.10. The van der Waals surface area contributed by atoms with Gasteiger partial charge in [-0.25, -0.2) is 5.43 Å². The van der Waals surface area contributed by atoms with Gasteiger partial charge in [0.05, 0.1) is 33.3 Å². The first-order valence-electron chi connectivity index (χ1n) is 6.71. The summed E-state index contributed by atoms with van der Waals surface area (Å²) >= 11 is 0. The van der Waals surface area contributed by atoms with E-state index in [0.717, 1.165) is 12.3 Å². The number of hydrogen-bond donors (Lipinski definition) is 2. The lowest BCUT2D eigenvalue weighted by Gasteiger charge is -2.02. The molecule has 2 aromatic rings. The van der Waals surface area contributed by atoms with Gasteiger partial charge in [-0.1, -0.05) is 0 Å². The minimum Gasteiger partial charge on any atom is -0.502 e. The fourth-order valence-electron chi connectivity index (χ4n) is 1.80. The second-order valence-electron chi connectivity index (χ2n) is 4.80. The molecule has 0 aliphatic carbocycles. The summed E-state index contributed by atoms with van der Waals surface area (Å²) in [5.41, 5.74) is 1.34. The summed E-state index contributed by atoms with van der Waals surface area (Å²) < 4.78 is 0. The highest BCUT2D eigenvalue weighted by Gasteiger charge is 2.23. The number of non-ortho nitro benzene ring substituents is 1. The van der Waals surface area contributed by atoms with Crippen LogP contribution in [-0.2, 0) is 0 Å². The highest BCUT2D eigenvalue weighted by Crippen LogP contribution is 2.33. The summed E-state index contributed by atoms with van der Waals surface area (Å²) in [7, 11) is 0. The summed E-state index contributed by atoms with van der Waals surface area (Å²) in [5, 5.41) is 35.0. The highest BCUT2D eigenvalue weighted by molar-refractivity contribution is 5.95. The summed E-state index contributed by atoms with van der Waals surface area (Å²) in [6, 6.07) is 4.66. The van der Waals surface area contributed by atoms with Crippen LogP contribution >= 0.6 is 0 Å². The van der Waals surface area contributed by atoms with Crippen LogP contribution in [0.4, 0.5) is 11.4 Å². The fraction of sp³-hybridized carbons (Fsp3) is 0.0714. The van der Waals surface area contributed by atoms with E-state index in [-0.39, 0.29) is 11.1 Å². The Morgan fingerprint density at radius 3 is 2.56 bits per heavy atom. The van der Waals surface area contributed by atoms with Crippen molar-refractivity contribution in [2.24, 2.45) is 5.10 Å². The second kappa shape index (κ2) is 7.12. The lowest BCUT2D eigenvalue weighted by atomic mass is 10.1. The Morgan fingerprint density at radius 2 is 2.00 bits per heavy atom. The van der Waals surface area contributed by atoms with E-state index >= 15 is 0 Å². The predicted octanol–water partition coefficient (Wildman–Crippen LogP) is 1.68. The number of nitrogens with zero attached hydrogens (tertiary/aromatic N) is 4. The van der Waals surface area contributed by atoms with E-state index in [9.17, 15) is 30.1 Å². The number of carbonyl (C=O) groups excluding carboxylic acids is 1. The van der Waals surface area contributed by atoms with E-state index < -0.39 is 32.9 Å². The molecule has 0 radical (unpaired) electrons. The quantitative estimate of drug-likeness (QED) is 0.473. The van der Waals surface area contributed by atoms with Crippen molar-refractivity contribution < 1.29 is 19.7 Å². The molecule has 2 N–H and O–H groups in total. The number of hydrogen-bond acceptors (Lipinski definition) is 8. The fourth-order valence-corrected chi connectivity index (χ4v) is 1.80. The summed E-state index contributed by atoms with van der Waals surface area (Å²) in [5.74, 6) is -1.41. The molecule has 1 amide bonds. The number of phenols is 1. The van der Waals surface area contributed by atoms with Gasteiger partial charge in [0.2, 0.25) is 5.75 Å². The maximum absolute atomic E-state index is 11.8. The van der Waals surface area contributed by atoms with Crippen molar-refractivity contribution in [3.63, 3.8) is 0 Å². The van der Waals surface area contributed by atoms with Crippen molar-refractivity contribution >= 4 is 23.5 Å². The Hall–Kier alpha value is -3.89. The van der Waals surface area contributed by atoms with Crippen LogP contribution in [0.5, 0.6) is 5.75 Å². The molecule has 11 heteroatoms. The van der Waals surface area contributed by atoms with Crippen molar-refractivity contribution in [2.75, 3.05) is 0 Å². The molecule has 0 spiro atoms. The van der Waals surface area contributed by atoms with Gasteiger partial charge in [-0.15, -0.1) is 0 Å². The third-order valence-electron chi connectivity index (χ3n) is 3.05. The zero-order valence-electron chi connectivity index (χ0n) is 12.7. The van der Waals surface area contributed by atoms with Crippen molar-refractivity contribution in [3.05, 3.63) is 67.5 Å². The largest absolute Gasteiger partial charge is 0.502 e. The van der Waals surface area contributed by atoms with Gasteiger partial charge in [0.25, 0.3) is 11.6 Å². The maximum atomic E-state index is 11.8. The molecule has 1 aromatic heterocycles. The number of hydrazone groups is 1. The third-order valence-corrected chi connectivity index (χ3v) is 3.05. The van der Waals surface area contributed by atoms with Gasteiger partial charge in [0.15, 0.2) is 0 Å². The number of rotatable bonds is 5. The molecule has 1 aromatic carbocycles. The molecule has 0 aliphatic rings. The molecule has 25 heavy (non-hydrogen) atoms. The smallest absolute Gasteiger partial charge is 0.318 e. The van der Waals surface area contributed by atoms with Crippen LogP contribution in [0.1, 0.15) is 21.6 Å². The summed E-state index contributed by atoms with van der Waals surface area (Å²) in [6.07, 6.45) is 2.20. The van der Waals surface area contributed by atoms with Crippen LogP contribution in [-0.4, -0.2) is 32.1 Å². The summed E-state index contributed by atoms with van der Waals surface area (Å²) in [6.45, 7) is 1.75. The van der Waals surface area contributed by atoms with Crippen LogP contribution in [0.15, 0.2) is 35.6 Å². The van der Waals surface area contributed by atoms with Gasteiger partial charge in [-0.2, -0.15) is 5.10 Å². The Balaban J connectivity index is 2.25. The Kier molecular flexibility index (Phi) is 4.98. The average molecular weight is 345 g/mol. The molecule has 2 rings (SSSR count). The Bertz CT molecular complexity index is 878. The number of aryl methyl sites for hydroxylation is 1. The van der Waals surface area contributed by atoms with Gasteiger partial charge in [-0.05, 0) is 19.1 Å². The monoisotopic (exact) mass is 345 g/mol. The number of nitrogens with one attached hydrogen (secondary N) is 1. The van der Waals surface area contributed by atoms with Crippen LogP contribution in [0.2, 0.25) is 0 Å². The van der Waals surface area contributed by atoms with E-state index in [0.29, 0.717) is 11.8 Å². The second-order valence-corrected chi connectivity index (χ2v) is 4.80. The minimum atomic E-state index is -0.962. The van der Waals surface area contributed by atoms with E-state index in [1.165, 1.54) is 12.3 Å². The molecular weight excluding hydrogens is 334 g/mol. The topological polar surface area (TPSA) is 161 Å². The number of phenolic OH excluding ortho intramolecular Hbond substituents is 1. The van der Waals surface area contributed by atoms with Gasteiger partial charge in [0, 0.05) is 18.0 Å². The first-order chi connectivity index (χ1) is 11.8. The van der Waals surface area contributed by atoms with E-state index in [1.807, 2.05) is 0 Å². The molecule has 0 atom stereocenters. The number of carbonyl (C=O) groups is 1. The van der Waals surface area contributed by atoms with Crippen molar-refractivity contribution in [1.82, 2.24) is 10.4 Å². The first kappa shape index (κ1) is 17.5. The normalized spacial score (nSPS) is 10.6. The maximum Gasteiger partial charge on any atom is 0.318 e. The molecule has 0 unspecified atom stereocenters. The predicted molar refractivity (Wildman–Crippen MR) is 85.4 cm³/mol. The average Bonchev–Trinajstić information content (AvgIpc) is 2.56. The van der Waals surface area contributed by atoms with Crippen LogP contribution in [0.3, 0.4) is 0 Å². The molecule has 0 fully saturated rings. The summed E-state index contributed by atoms with van der Waals surface area (Å²) in [4.78, 5) is 35.6. The van der Waals surface area contributed by atoms with Gasteiger partial charge in [0.1, 0.15) is 0 Å². The first-order valence-corrected chi connectivity index (χ1v) is 6.71. The number of aromatic hydroxyl groups is 1. The number of aromatic nitrogens is 1. The number of amides is 1. The SMILES string of the molecule is Cc1ccc(C(=O)N/N=C/c2cc([N+](=O)[O-])cc([N+](=O)[O-])c2O)cn1. The van der Waals surface area contributed by atoms with Crippen molar-refractivity contribution in [3.8, 4) is 5.75 Å². The molecule has 1 heterocycles. The lowest BCUT2D eigenvalue weighted by Crippen LogP contribution is -2.17. The molecule has 0 saturated carbocycles. The van der Waals surface area contributed by atoms with Crippen LogP contribution in [0, 0.1) is 27.2 Å². The molecule has 0 bridgehead atoms. The molecule has 128 valence electrons. The zero-order chi connectivity index (χ0) is 18.6. The molecular formula is C14H11N5O6. The highest BCUT2D eigenvalue weighted by atomic mass is 16.6. The van der Waals surface area contributed by atoms with Crippen LogP contribution in [0.25, 0.3) is 0 Å². The van der Waals surface area contributed by atoms with E-state index in [1.54, 1.807) is 13.0 Å². The van der Waals surface area contributed by atoms with E-state index in [4.69, 9.17) is 0 Å². The Morgan fingerprint density at radius 1 is 1.28 bits per heavy atom. The van der Waals surface area contributed by atoms with Crippen molar-refractivity contribution in [1.29, 1.82) is 0 Å². The van der Waals surface area contributed by atoms with Gasteiger partial charge < -0.3 is 5.11 Å². The zero-order valence-corrected chi connectivity index (χ0v) is 12.7. The Labute approximate surface area is 139 Å². The van der Waals surface area contributed by atoms with Crippen molar-refractivity contribution in [2.45, 2.75) is 6.92 Å². The molecule has 0 aliphatic heterocycles. The number of benzene rings is 1. The molecule has 11 nitrogen and oxygen atoms in total. The minimum absolute atomic E-state index is 0.219. The molecule has 0 saturated heterocycles. The lowest BCUT2D eigenvalue weighted by molar-refractivity contribution is -0.394. The number of nitro benzene ring substituents is 2. The van der Waals surface area contributed by atoms with Crippen LogP contribution < -0.4 is 5.43 Å². The van der Waals surface area contributed by atoms with Gasteiger partial charge in [-0.3, -0.25) is 30.0 Å². The van der Waals surface area contributed by atoms with Gasteiger partial charge >= 0.3 is 5.69 Å². The standard InChI is InChI=1S/C14H11N5O6/c1-8-2-3-9(6-15-8)14(21)17-16-7-10-4-11(18(22)23)5-12(13(10)20)19(24)25/h2-7,20H,1H3,(H,17,21)/b16-7+.